The summed E-state index contributed by atoms with van der Waals surface area (Å²) >= 11 is 0. The topological polar surface area (TPSA) is 59.2 Å². The molecule has 0 saturated carbocycles. The maximum absolute atomic E-state index is 11.9. The van der Waals surface area contributed by atoms with Crippen LogP contribution in [0.15, 0.2) is 47.3 Å². The summed E-state index contributed by atoms with van der Waals surface area (Å²) in [4.78, 5) is 17.6. The Labute approximate surface area is 124 Å². The number of hydrogen-bond acceptors (Lipinski definition) is 4. The summed E-state index contributed by atoms with van der Waals surface area (Å²) in [7, 11) is 1.76. The van der Waals surface area contributed by atoms with E-state index in [4.69, 9.17) is 4.52 Å². The highest BCUT2D eigenvalue weighted by atomic mass is 16.5. The van der Waals surface area contributed by atoms with Gasteiger partial charge in [0, 0.05) is 37.5 Å². The van der Waals surface area contributed by atoms with Crippen molar-refractivity contribution in [3.8, 4) is 11.3 Å². The van der Waals surface area contributed by atoms with E-state index in [-0.39, 0.29) is 5.91 Å². The van der Waals surface area contributed by atoms with E-state index in [1.165, 1.54) is 0 Å². The third-order valence-corrected chi connectivity index (χ3v) is 3.03. The van der Waals surface area contributed by atoms with Crippen LogP contribution in [-0.2, 0) is 11.3 Å². The van der Waals surface area contributed by atoms with Crippen LogP contribution >= 0.6 is 0 Å². The van der Waals surface area contributed by atoms with E-state index in [0.717, 1.165) is 17.7 Å². The highest BCUT2D eigenvalue weighted by Gasteiger charge is 2.12. The summed E-state index contributed by atoms with van der Waals surface area (Å²) in [5.41, 5.74) is 1.62. The van der Waals surface area contributed by atoms with E-state index >= 15 is 0 Å². The fourth-order valence-electron chi connectivity index (χ4n) is 1.87. The van der Waals surface area contributed by atoms with Gasteiger partial charge in [-0.15, -0.1) is 0 Å². The van der Waals surface area contributed by atoms with Crippen molar-refractivity contribution in [3.05, 3.63) is 48.5 Å². The first-order valence-corrected chi connectivity index (χ1v) is 6.95. The van der Waals surface area contributed by atoms with Gasteiger partial charge >= 0.3 is 0 Å². The number of carbonyl (C=O) groups is 1. The van der Waals surface area contributed by atoms with Crippen LogP contribution in [0.1, 0.15) is 25.5 Å². The van der Waals surface area contributed by atoms with Gasteiger partial charge in [0.1, 0.15) is 5.69 Å². The Morgan fingerprint density at radius 3 is 3.00 bits per heavy atom. The molecule has 0 aliphatic carbocycles. The van der Waals surface area contributed by atoms with Gasteiger partial charge in [-0.1, -0.05) is 24.2 Å². The molecule has 0 saturated heterocycles. The predicted molar refractivity (Wildman–Crippen MR) is 80.3 cm³/mol. The van der Waals surface area contributed by atoms with Gasteiger partial charge in [-0.2, -0.15) is 0 Å². The molecule has 0 aromatic carbocycles. The average molecular weight is 285 g/mol. The molecule has 2 rings (SSSR count). The molecule has 0 aliphatic heterocycles. The Morgan fingerprint density at radius 2 is 2.29 bits per heavy atom. The smallest absolute Gasteiger partial charge is 0.226 e. The van der Waals surface area contributed by atoms with Crippen LogP contribution in [0.3, 0.4) is 0 Å². The maximum Gasteiger partial charge on any atom is 0.226 e. The quantitative estimate of drug-likeness (QED) is 0.765. The zero-order valence-electron chi connectivity index (χ0n) is 12.3. The Balaban J connectivity index is 1.96. The number of carbonyl (C=O) groups excluding carboxylic acids is 1. The minimum atomic E-state index is 0.0547. The molecule has 5 nitrogen and oxygen atoms in total. The summed E-state index contributed by atoms with van der Waals surface area (Å²) in [5.74, 6) is 0.711. The number of aromatic nitrogens is 2. The standard InChI is InChI=1S/C16H19N3O2/c1-3-4-5-8-16(20)19(2)12-14-10-15(18-21-14)13-7-6-9-17-11-13/h4-7,9-11H,3,8,12H2,1-2H3/b5-4+. The van der Waals surface area contributed by atoms with Gasteiger partial charge in [-0.25, -0.2) is 0 Å². The molecular formula is C16H19N3O2. The fourth-order valence-corrected chi connectivity index (χ4v) is 1.87. The molecule has 2 aromatic rings. The van der Waals surface area contributed by atoms with Crippen LogP contribution in [-0.4, -0.2) is 28.0 Å². The van der Waals surface area contributed by atoms with Crippen molar-refractivity contribution in [2.75, 3.05) is 7.05 Å². The number of pyridine rings is 1. The van der Waals surface area contributed by atoms with Crippen LogP contribution in [0.4, 0.5) is 0 Å². The van der Waals surface area contributed by atoms with E-state index in [9.17, 15) is 4.79 Å². The van der Waals surface area contributed by atoms with Crippen molar-refractivity contribution in [2.24, 2.45) is 0 Å². The lowest BCUT2D eigenvalue weighted by Crippen LogP contribution is -2.25. The third-order valence-electron chi connectivity index (χ3n) is 3.03. The molecule has 0 spiro atoms. The number of amides is 1. The molecule has 0 atom stereocenters. The number of hydrogen-bond donors (Lipinski definition) is 0. The molecule has 5 heteroatoms. The fraction of sp³-hybridized carbons (Fsp3) is 0.312. The summed E-state index contributed by atoms with van der Waals surface area (Å²) in [6.07, 6.45) is 8.66. The van der Waals surface area contributed by atoms with Gasteiger partial charge < -0.3 is 9.42 Å². The van der Waals surface area contributed by atoms with Crippen LogP contribution in [0.25, 0.3) is 11.3 Å². The lowest BCUT2D eigenvalue weighted by Gasteiger charge is -2.13. The molecule has 110 valence electrons. The van der Waals surface area contributed by atoms with Crippen molar-refractivity contribution in [1.29, 1.82) is 0 Å². The number of nitrogens with zero attached hydrogens (tertiary/aromatic N) is 3. The molecule has 21 heavy (non-hydrogen) atoms. The molecule has 0 bridgehead atoms. The van der Waals surface area contributed by atoms with Gasteiger partial charge in [-0.3, -0.25) is 9.78 Å². The van der Waals surface area contributed by atoms with Gasteiger partial charge in [0.2, 0.25) is 5.91 Å². The van der Waals surface area contributed by atoms with Crippen LogP contribution in [0.2, 0.25) is 0 Å². The lowest BCUT2D eigenvalue weighted by atomic mass is 10.2. The molecule has 2 heterocycles. The Bertz CT molecular complexity index is 605. The average Bonchev–Trinajstić information content (AvgIpc) is 2.97. The minimum absolute atomic E-state index is 0.0547. The van der Waals surface area contributed by atoms with E-state index in [1.54, 1.807) is 24.3 Å². The van der Waals surface area contributed by atoms with Gasteiger partial charge in [-0.05, 0) is 18.6 Å². The minimum Gasteiger partial charge on any atom is -0.359 e. The van der Waals surface area contributed by atoms with E-state index in [0.29, 0.717) is 18.7 Å². The summed E-state index contributed by atoms with van der Waals surface area (Å²) in [6, 6.07) is 5.60. The Hall–Kier alpha value is -2.43. The lowest BCUT2D eigenvalue weighted by molar-refractivity contribution is -0.129. The number of allylic oxidation sites excluding steroid dienone is 1. The van der Waals surface area contributed by atoms with Crippen molar-refractivity contribution in [1.82, 2.24) is 15.0 Å². The van der Waals surface area contributed by atoms with Gasteiger partial charge in [0.05, 0.1) is 6.54 Å². The monoisotopic (exact) mass is 285 g/mol. The molecule has 0 aliphatic rings. The Morgan fingerprint density at radius 1 is 1.43 bits per heavy atom. The van der Waals surface area contributed by atoms with Crippen molar-refractivity contribution in [3.63, 3.8) is 0 Å². The molecule has 0 radical (unpaired) electrons. The molecular weight excluding hydrogens is 266 g/mol. The van der Waals surface area contributed by atoms with Crippen LogP contribution in [0.5, 0.6) is 0 Å². The zero-order valence-corrected chi connectivity index (χ0v) is 12.3. The van der Waals surface area contributed by atoms with E-state index in [2.05, 4.69) is 10.1 Å². The Kier molecular flexibility index (Phi) is 5.26. The van der Waals surface area contributed by atoms with E-state index < -0.39 is 0 Å². The van der Waals surface area contributed by atoms with Gasteiger partial charge in [0.15, 0.2) is 5.76 Å². The maximum atomic E-state index is 11.9. The first-order chi connectivity index (χ1) is 10.2. The van der Waals surface area contributed by atoms with Crippen LogP contribution < -0.4 is 0 Å². The first-order valence-electron chi connectivity index (χ1n) is 6.95. The highest BCUT2D eigenvalue weighted by Crippen LogP contribution is 2.18. The van der Waals surface area contributed by atoms with Crippen molar-refractivity contribution < 1.29 is 9.32 Å². The molecule has 0 fully saturated rings. The van der Waals surface area contributed by atoms with Crippen molar-refractivity contribution in [2.45, 2.75) is 26.3 Å². The number of rotatable bonds is 6. The molecule has 2 aromatic heterocycles. The van der Waals surface area contributed by atoms with Crippen molar-refractivity contribution >= 4 is 5.91 Å². The third kappa shape index (κ3) is 4.27. The van der Waals surface area contributed by atoms with Crippen LogP contribution in [0, 0.1) is 0 Å². The molecule has 1 amide bonds. The second-order valence-corrected chi connectivity index (χ2v) is 4.75. The SMILES string of the molecule is CC/C=C/CC(=O)N(C)Cc1cc(-c2cccnc2)no1. The second kappa shape index (κ2) is 7.38. The summed E-state index contributed by atoms with van der Waals surface area (Å²) in [6.45, 7) is 2.45. The second-order valence-electron chi connectivity index (χ2n) is 4.75. The highest BCUT2D eigenvalue weighted by molar-refractivity contribution is 5.77. The predicted octanol–water partition coefficient (Wildman–Crippen LogP) is 3.05. The molecule has 0 N–H and O–H groups in total. The van der Waals surface area contributed by atoms with E-state index in [1.807, 2.05) is 37.3 Å². The zero-order chi connectivity index (χ0) is 15.1. The first kappa shape index (κ1) is 15.0. The summed E-state index contributed by atoms with van der Waals surface area (Å²) in [5, 5.41) is 4.01. The summed E-state index contributed by atoms with van der Waals surface area (Å²) < 4.78 is 5.28. The normalized spacial score (nSPS) is 11.0. The largest absolute Gasteiger partial charge is 0.359 e. The molecule has 0 unspecified atom stereocenters. The van der Waals surface area contributed by atoms with Gasteiger partial charge in [0.25, 0.3) is 0 Å².